The summed E-state index contributed by atoms with van der Waals surface area (Å²) in [6, 6.07) is 9.42. The van der Waals surface area contributed by atoms with E-state index in [4.69, 9.17) is 22.0 Å². The highest BCUT2D eigenvalue weighted by Gasteiger charge is 2.09. The molecule has 5 nitrogen and oxygen atoms in total. The van der Waals surface area contributed by atoms with E-state index in [1.165, 1.54) is 12.4 Å². The number of aromatic nitrogens is 2. The summed E-state index contributed by atoms with van der Waals surface area (Å²) in [4.78, 5) is 10.0. The lowest BCUT2D eigenvalue weighted by atomic mass is 10.2. The summed E-state index contributed by atoms with van der Waals surface area (Å²) in [6.07, 6.45) is 2.94. The van der Waals surface area contributed by atoms with Crippen LogP contribution in [-0.2, 0) is 6.54 Å². The Labute approximate surface area is 122 Å². The van der Waals surface area contributed by atoms with Crippen LogP contribution >= 0.6 is 11.6 Å². The van der Waals surface area contributed by atoms with Crippen molar-refractivity contribution in [1.82, 2.24) is 9.97 Å². The van der Waals surface area contributed by atoms with Crippen molar-refractivity contribution < 1.29 is 5.11 Å². The molecule has 0 aliphatic heterocycles. The van der Waals surface area contributed by atoms with Crippen LogP contribution in [0.3, 0.4) is 0 Å². The Bertz CT molecular complexity index is 609. The molecule has 0 aliphatic rings. The molecule has 0 saturated heterocycles. The van der Waals surface area contributed by atoms with E-state index in [2.05, 4.69) is 9.97 Å². The normalized spacial score (nSPS) is 10.1. The average molecular weight is 289 g/mol. The van der Waals surface area contributed by atoms with Crippen LogP contribution in [0.25, 0.3) is 0 Å². The van der Waals surface area contributed by atoms with Gasteiger partial charge in [0.15, 0.2) is 5.69 Å². The van der Waals surface area contributed by atoms with Gasteiger partial charge in [-0.3, -0.25) is 0 Å². The second kappa shape index (κ2) is 6.85. The smallest absolute Gasteiger partial charge is 0.158 e. The zero-order valence-electron chi connectivity index (χ0n) is 10.7. The Morgan fingerprint density at radius 3 is 2.75 bits per heavy atom. The van der Waals surface area contributed by atoms with Crippen LogP contribution in [0.4, 0.5) is 5.82 Å². The van der Waals surface area contributed by atoms with Crippen LogP contribution in [-0.4, -0.2) is 28.2 Å². The monoisotopic (exact) mass is 288 g/mol. The van der Waals surface area contributed by atoms with Crippen LogP contribution in [0.2, 0.25) is 5.02 Å². The van der Waals surface area contributed by atoms with Gasteiger partial charge in [-0.2, -0.15) is 5.26 Å². The van der Waals surface area contributed by atoms with E-state index >= 15 is 0 Å². The maximum atomic E-state index is 9.16. The standard InChI is InChI=1S/C14H13ClN4O/c15-12-3-1-2-11(6-12)10-19(4-5-20)14-9-17-13(7-16)8-18-14/h1-3,6,8-9,20H,4-5,10H2. The van der Waals surface area contributed by atoms with E-state index in [9.17, 15) is 0 Å². The molecule has 0 radical (unpaired) electrons. The van der Waals surface area contributed by atoms with Crippen molar-refractivity contribution in [2.45, 2.75) is 6.54 Å². The molecule has 0 spiro atoms. The second-order valence-electron chi connectivity index (χ2n) is 4.15. The maximum absolute atomic E-state index is 9.16. The van der Waals surface area contributed by atoms with Gasteiger partial charge in [-0.1, -0.05) is 23.7 Å². The molecule has 0 aliphatic carbocycles. The zero-order valence-corrected chi connectivity index (χ0v) is 11.5. The van der Waals surface area contributed by atoms with Gasteiger partial charge in [-0.15, -0.1) is 0 Å². The van der Waals surface area contributed by atoms with Crippen molar-refractivity contribution in [2.24, 2.45) is 0 Å². The number of hydrogen-bond donors (Lipinski definition) is 1. The number of benzene rings is 1. The lowest BCUT2D eigenvalue weighted by molar-refractivity contribution is 0.301. The third kappa shape index (κ3) is 3.67. The van der Waals surface area contributed by atoms with Crippen molar-refractivity contribution in [3.63, 3.8) is 0 Å². The number of anilines is 1. The van der Waals surface area contributed by atoms with Gasteiger partial charge in [-0.25, -0.2) is 9.97 Å². The van der Waals surface area contributed by atoms with Gasteiger partial charge in [0.2, 0.25) is 0 Å². The lowest BCUT2D eigenvalue weighted by Crippen LogP contribution is -2.27. The molecule has 1 N–H and O–H groups in total. The SMILES string of the molecule is N#Cc1cnc(N(CCO)Cc2cccc(Cl)c2)cn1. The fraction of sp³-hybridized carbons (Fsp3) is 0.214. The summed E-state index contributed by atoms with van der Waals surface area (Å²) in [6.45, 7) is 0.983. The Morgan fingerprint density at radius 1 is 1.30 bits per heavy atom. The molecular weight excluding hydrogens is 276 g/mol. The Morgan fingerprint density at radius 2 is 2.15 bits per heavy atom. The second-order valence-corrected chi connectivity index (χ2v) is 4.58. The first-order valence-corrected chi connectivity index (χ1v) is 6.43. The quantitative estimate of drug-likeness (QED) is 0.911. The number of aliphatic hydroxyl groups excluding tert-OH is 1. The van der Waals surface area contributed by atoms with Crippen molar-refractivity contribution in [3.8, 4) is 6.07 Å². The van der Waals surface area contributed by atoms with E-state index in [1.54, 1.807) is 0 Å². The number of rotatable bonds is 5. The van der Waals surface area contributed by atoms with Crippen LogP contribution < -0.4 is 4.90 Å². The molecule has 20 heavy (non-hydrogen) atoms. The first-order valence-electron chi connectivity index (χ1n) is 6.05. The summed E-state index contributed by atoms with van der Waals surface area (Å²) in [5.41, 5.74) is 1.28. The summed E-state index contributed by atoms with van der Waals surface area (Å²) < 4.78 is 0. The highest BCUT2D eigenvalue weighted by Crippen LogP contribution is 2.16. The van der Waals surface area contributed by atoms with Crippen LogP contribution in [0.15, 0.2) is 36.7 Å². The number of halogens is 1. The first kappa shape index (κ1) is 14.3. The van der Waals surface area contributed by atoms with Gasteiger partial charge in [-0.05, 0) is 17.7 Å². The first-order chi connectivity index (χ1) is 9.72. The highest BCUT2D eigenvalue weighted by molar-refractivity contribution is 6.30. The third-order valence-corrected chi connectivity index (χ3v) is 2.94. The van der Waals surface area contributed by atoms with E-state index in [1.807, 2.05) is 35.2 Å². The molecule has 0 fully saturated rings. The molecule has 0 amide bonds. The third-order valence-electron chi connectivity index (χ3n) is 2.71. The minimum Gasteiger partial charge on any atom is -0.395 e. The molecule has 6 heteroatoms. The van der Waals surface area contributed by atoms with Crippen molar-refractivity contribution in [1.29, 1.82) is 5.26 Å². The highest BCUT2D eigenvalue weighted by atomic mass is 35.5. The predicted octanol–water partition coefficient (Wildman–Crippen LogP) is 2.00. The molecule has 0 saturated carbocycles. The fourth-order valence-electron chi connectivity index (χ4n) is 1.79. The molecule has 1 aromatic carbocycles. The average Bonchev–Trinajstić information content (AvgIpc) is 2.47. The van der Waals surface area contributed by atoms with Crippen LogP contribution in [0.1, 0.15) is 11.3 Å². The Kier molecular flexibility index (Phi) is 4.88. The van der Waals surface area contributed by atoms with Crippen LogP contribution in [0, 0.1) is 11.3 Å². The molecule has 2 rings (SSSR count). The minimum atomic E-state index is 0.00223. The van der Waals surface area contributed by atoms with Gasteiger partial charge in [0.05, 0.1) is 19.0 Å². The van der Waals surface area contributed by atoms with E-state index in [0.29, 0.717) is 23.9 Å². The lowest BCUT2D eigenvalue weighted by Gasteiger charge is -2.22. The number of nitriles is 1. The number of aliphatic hydroxyl groups is 1. The summed E-state index contributed by atoms with van der Waals surface area (Å²) in [7, 11) is 0. The molecular formula is C14H13ClN4O. The van der Waals surface area contributed by atoms with Crippen molar-refractivity contribution in [2.75, 3.05) is 18.1 Å². The summed E-state index contributed by atoms with van der Waals surface area (Å²) >= 11 is 5.96. The Balaban J connectivity index is 2.19. The largest absolute Gasteiger partial charge is 0.395 e. The van der Waals surface area contributed by atoms with Gasteiger partial charge < -0.3 is 10.0 Å². The zero-order chi connectivity index (χ0) is 14.4. The predicted molar refractivity (Wildman–Crippen MR) is 76.3 cm³/mol. The number of hydrogen-bond acceptors (Lipinski definition) is 5. The van der Waals surface area contributed by atoms with E-state index < -0.39 is 0 Å². The topological polar surface area (TPSA) is 73.0 Å². The van der Waals surface area contributed by atoms with Gasteiger partial charge in [0.1, 0.15) is 11.9 Å². The van der Waals surface area contributed by atoms with E-state index in [-0.39, 0.29) is 12.3 Å². The minimum absolute atomic E-state index is 0.00223. The van der Waals surface area contributed by atoms with Gasteiger partial charge in [0.25, 0.3) is 0 Å². The molecule has 0 bridgehead atoms. The number of nitrogens with zero attached hydrogens (tertiary/aromatic N) is 4. The van der Waals surface area contributed by atoms with Gasteiger partial charge in [0, 0.05) is 18.1 Å². The molecule has 0 atom stereocenters. The van der Waals surface area contributed by atoms with Crippen LogP contribution in [0.5, 0.6) is 0 Å². The summed E-state index contributed by atoms with van der Waals surface area (Å²) in [5.74, 6) is 0.609. The van der Waals surface area contributed by atoms with Crippen molar-refractivity contribution in [3.05, 3.63) is 52.9 Å². The van der Waals surface area contributed by atoms with E-state index in [0.717, 1.165) is 5.56 Å². The molecule has 1 heterocycles. The fourth-order valence-corrected chi connectivity index (χ4v) is 2.01. The molecule has 102 valence electrons. The molecule has 1 aromatic heterocycles. The summed E-state index contributed by atoms with van der Waals surface area (Å²) in [5, 5.41) is 18.5. The molecule has 0 unspecified atom stereocenters. The Hall–Kier alpha value is -2.16. The van der Waals surface area contributed by atoms with Crippen molar-refractivity contribution >= 4 is 17.4 Å². The maximum Gasteiger partial charge on any atom is 0.158 e. The molecule has 2 aromatic rings. The van der Waals surface area contributed by atoms with Gasteiger partial charge >= 0.3 is 0 Å².